The summed E-state index contributed by atoms with van der Waals surface area (Å²) in [6.45, 7) is 4.08. The van der Waals surface area contributed by atoms with Gasteiger partial charge in [0.1, 0.15) is 11.3 Å². The molecule has 0 bridgehead atoms. The van der Waals surface area contributed by atoms with Gasteiger partial charge >= 0.3 is 12.4 Å². The van der Waals surface area contributed by atoms with Crippen LogP contribution in [0.5, 0.6) is 5.75 Å². The fourth-order valence-electron chi connectivity index (χ4n) is 3.39. The molecular formula is C21H23F3N4O3. The topological polar surface area (TPSA) is 66.0 Å². The molecule has 0 atom stereocenters. The Kier molecular flexibility index (Phi) is 5.95. The number of benzene rings is 1. The van der Waals surface area contributed by atoms with Crippen LogP contribution >= 0.6 is 0 Å². The van der Waals surface area contributed by atoms with Crippen molar-refractivity contribution in [3.8, 4) is 5.75 Å². The molecule has 166 valence electrons. The van der Waals surface area contributed by atoms with Crippen molar-refractivity contribution < 1.29 is 27.5 Å². The summed E-state index contributed by atoms with van der Waals surface area (Å²) in [4.78, 5) is 34.8. The third-order valence-electron chi connectivity index (χ3n) is 4.97. The van der Waals surface area contributed by atoms with E-state index in [0.717, 1.165) is 28.2 Å². The lowest BCUT2D eigenvalue weighted by atomic mass is 10.0. The van der Waals surface area contributed by atoms with E-state index in [4.69, 9.17) is 0 Å². The third kappa shape index (κ3) is 4.79. The number of hydrogen-bond donors (Lipinski definition) is 0. The molecule has 2 aromatic rings. The van der Waals surface area contributed by atoms with Gasteiger partial charge in [0.15, 0.2) is 0 Å². The van der Waals surface area contributed by atoms with Gasteiger partial charge < -0.3 is 14.5 Å². The van der Waals surface area contributed by atoms with Crippen LogP contribution in [-0.4, -0.2) is 52.7 Å². The number of pyridine rings is 1. The van der Waals surface area contributed by atoms with E-state index in [-0.39, 0.29) is 12.2 Å². The number of alkyl halides is 3. The molecule has 3 rings (SSSR count). The molecule has 1 aromatic heterocycles. The first kappa shape index (κ1) is 22.5. The lowest BCUT2D eigenvalue weighted by molar-refractivity contribution is -0.274. The van der Waals surface area contributed by atoms with E-state index >= 15 is 0 Å². The fourth-order valence-corrected chi connectivity index (χ4v) is 3.39. The molecular weight excluding hydrogens is 413 g/mol. The van der Waals surface area contributed by atoms with Gasteiger partial charge in [-0.15, -0.1) is 13.2 Å². The van der Waals surface area contributed by atoms with Gasteiger partial charge in [0.05, 0.1) is 5.69 Å². The first-order chi connectivity index (χ1) is 14.4. The summed E-state index contributed by atoms with van der Waals surface area (Å²) in [6.07, 6.45) is -1.47. The molecule has 0 radical (unpaired) electrons. The van der Waals surface area contributed by atoms with Gasteiger partial charge in [-0.1, -0.05) is 0 Å². The summed E-state index contributed by atoms with van der Waals surface area (Å²) in [7, 11) is 3.83. The van der Waals surface area contributed by atoms with E-state index in [1.165, 1.54) is 17.0 Å². The van der Waals surface area contributed by atoms with Crippen LogP contribution in [0.4, 0.5) is 23.7 Å². The first-order valence-corrected chi connectivity index (χ1v) is 9.48. The second kappa shape index (κ2) is 8.18. The summed E-state index contributed by atoms with van der Waals surface area (Å²) in [5, 5.41) is 0. The highest BCUT2D eigenvalue weighted by Crippen LogP contribution is 2.35. The molecule has 0 aliphatic carbocycles. The second-order valence-electron chi connectivity index (χ2n) is 7.99. The molecule has 10 heteroatoms. The van der Waals surface area contributed by atoms with Crippen molar-refractivity contribution in [2.45, 2.75) is 38.8 Å². The standard InChI is InChI=1S/C21H23F3N4O3/c1-20(2)18(29)28(16-5-7-17(8-6-16)31-21(22,23)24)19(30)27(20)13-14-9-10-25-11-15(14)12-26(3)4/h5-11H,12-13H2,1-4H3. The number of nitrogens with zero attached hydrogens (tertiary/aromatic N) is 4. The summed E-state index contributed by atoms with van der Waals surface area (Å²) in [5.41, 5.74) is 0.810. The molecule has 0 spiro atoms. The van der Waals surface area contributed by atoms with Gasteiger partial charge in [0.25, 0.3) is 5.91 Å². The number of halogens is 3. The fraction of sp³-hybridized carbons (Fsp3) is 0.381. The monoisotopic (exact) mass is 436 g/mol. The van der Waals surface area contributed by atoms with E-state index in [9.17, 15) is 22.8 Å². The van der Waals surface area contributed by atoms with E-state index in [1.54, 1.807) is 32.3 Å². The van der Waals surface area contributed by atoms with Crippen molar-refractivity contribution in [3.05, 3.63) is 53.9 Å². The number of hydrogen-bond acceptors (Lipinski definition) is 5. The summed E-state index contributed by atoms with van der Waals surface area (Å²) in [6, 6.07) is 5.89. The number of rotatable bonds is 6. The predicted octanol–water partition coefficient (Wildman–Crippen LogP) is 3.79. The quantitative estimate of drug-likeness (QED) is 0.645. The Morgan fingerprint density at radius 3 is 2.29 bits per heavy atom. The zero-order chi connectivity index (χ0) is 23.0. The summed E-state index contributed by atoms with van der Waals surface area (Å²) < 4.78 is 41.0. The van der Waals surface area contributed by atoms with Crippen LogP contribution in [0, 0.1) is 0 Å². The minimum atomic E-state index is -4.83. The number of carbonyl (C=O) groups excluding carboxylic acids is 2. The molecule has 3 amide bonds. The van der Waals surface area contributed by atoms with Crippen LogP contribution in [0.3, 0.4) is 0 Å². The lowest BCUT2D eigenvalue weighted by Crippen LogP contribution is -2.43. The molecule has 1 fully saturated rings. The smallest absolute Gasteiger partial charge is 0.406 e. The number of imide groups is 1. The normalized spacial score (nSPS) is 16.4. The molecule has 7 nitrogen and oxygen atoms in total. The Labute approximate surface area is 178 Å². The third-order valence-corrected chi connectivity index (χ3v) is 4.97. The molecule has 1 aliphatic rings. The number of anilines is 1. The van der Waals surface area contributed by atoms with Gasteiger partial charge in [-0.3, -0.25) is 9.78 Å². The average Bonchev–Trinajstić information content (AvgIpc) is 2.82. The summed E-state index contributed by atoms with van der Waals surface area (Å²) in [5.74, 6) is -0.901. The van der Waals surface area contributed by atoms with Crippen molar-refractivity contribution in [3.63, 3.8) is 0 Å². The van der Waals surface area contributed by atoms with Crippen molar-refractivity contribution >= 4 is 17.6 Å². The molecule has 2 heterocycles. The highest BCUT2D eigenvalue weighted by Gasteiger charge is 2.51. The minimum Gasteiger partial charge on any atom is -0.406 e. The van der Waals surface area contributed by atoms with Crippen LogP contribution in [0.1, 0.15) is 25.0 Å². The first-order valence-electron chi connectivity index (χ1n) is 9.48. The van der Waals surface area contributed by atoms with Crippen LogP contribution in [-0.2, 0) is 17.9 Å². The maximum atomic E-state index is 13.2. The van der Waals surface area contributed by atoms with E-state index in [0.29, 0.717) is 6.54 Å². The van der Waals surface area contributed by atoms with Gasteiger partial charge in [0.2, 0.25) is 0 Å². The maximum Gasteiger partial charge on any atom is 0.573 e. The zero-order valence-electron chi connectivity index (χ0n) is 17.6. The summed E-state index contributed by atoms with van der Waals surface area (Å²) >= 11 is 0. The van der Waals surface area contributed by atoms with Crippen molar-refractivity contribution in [2.75, 3.05) is 19.0 Å². The molecule has 0 saturated carbocycles. The number of aromatic nitrogens is 1. The van der Waals surface area contributed by atoms with Crippen LogP contribution in [0.2, 0.25) is 0 Å². The molecule has 0 unspecified atom stereocenters. The maximum absolute atomic E-state index is 13.2. The number of ether oxygens (including phenoxy) is 1. The second-order valence-corrected chi connectivity index (χ2v) is 7.99. The van der Waals surface area contributed by atoms with Crippen LogP contribution in [0.15, 0.2) is 42.7 Å². The van der Waals surface area contributed by atoms with Gasteiger partial charge in [-0.25, -0.2) is 9.69 Å². The number of carbonyl (C=O) groups is 2. The minimum absolute atomic E-state index is 0.170. The largest absolute Gasteiger partial charge is 0.573 e. The van der Waals surface area contributed by atoms with Gasteiger partial charge in [0, 0.05) is 25.5 Å². The van der Waals surface area contributed by atoms with Crippen molar-refractivity contribution in [1.29, 1.82) is 0 Å². The van der Waals surface area contributed by atoms with Gasteiger partial charge in [-0.2, -0.15) is 0 Å². The van der Waals surface area contributed by atoms with E-state index < -0.39 is 29.6 Å². The van der Waals surface area contributed by atoms with Gasteiger partial charge in [-0.05, 0) is 69.4 Å². The Balaban J connectivity index is 1.87. The van der Waals surface area contributed by atoms with E-state index in [1.807, 2.05) is 19.0 Å². The molecule has 31 heavy (non-hydrogen) atoms. The SMILES string of the molecule is CN(C)Cc1cnccc1CN1C(=O)N(c2ccc(OC(F)(F)F)cc2)C(=O)C1(C)C. The highest BCUT2D eigenvalue weighted by molar-refractivity contribution is 6.22. The average molecular weight is 436 g/mol. The molecule has 1 aliphatic heterocycles. The Hall–Kier alpha value is -3.14. The number of amides is 3. The Bertz CT molecular complexity index is 975. The van der Waals surface area contributed by atoms with Crippen molar-refractivity contribution in [2.24, 2.45) is 0 Å². The molecule has 1 saturated heterocycles. The highest BCUT2D eigenvalue weighted by atomic mass is 19.4. The molecule has 1 aromatic carbocycles. The zero-order valence-corrected chi connectivity index (χ0v) is 17.6. The Morgan fingerprint density at radius 1 is 1.06 bits per heavy atom. The molecule has 0 N–H and O–H groups in total. The predicted molar refractivity (Wildman–Crippen MR) is 107 cm³/mol. The van der Waals surface area contributed by atoms with Crippen molar-refractivity contribution in [1.82, 2.24) is 14.8 Å². The Morgan fingerprint density at radius 2 is 1.71 bits per heavy atom. The van der Waals surface area contributed by atoms with Crippen LogP contribution in [0.25, 0.3) is 0 Å². The van der Waals surface area contributed by atoms with Crippen LogP contribution < -0.4 is 9.64 Å². The lowest BCUT2D eigenvalue weighted by Gasteiger charge is -2.28. The number of urea groups is 1. The van der Waals surface area contributed by atoms with E-state index in [2.05, 4.69) is 9.72 Å².